The van der Waals surface area contributed by atoms with Gasteiger partial charge in [0.05, 0.1) is 12.6 Å². The van der Waals surface area contributed by atoms with Crippen molar-refractivity contribution in [1.29, 1.82) is 0 Å². The Morgan fingerprint density at radius 3 is 2.89 bits per heavy atom. The number of hydrogen-bond acceptors (Lipinski definition) is 6. The molecule has 1 atom stereocenters. The number of aromatic nitrogens is 2. The molecule has 1 aliphatic rings. The second-order valence-electron chi connectivity index (χ2n) is 7.11. The number of likely N-dealkylation sites (tertiary alicyclic amines) is 1. The maximum absolute atomic E-state index is 12.9. The normalized spacial score (nSPS) is 16.5. The Balaban J connectivity index is 1.81. The van der Waals surface area contributed by atoms with Crippen LogP contribution in [0, 0.1) is 0 Å². The molecule has 1 unspecified atom stereocenters. The monoisotopic (exact) mass is 405 g/mol. The topological polar surface area (TPSA) is 104 Å². The van der Waals surface area contributed by atoms with Gasteiger partial charge in [-0.25, -0.2) is 4.79 Å². The Labute approximate surface area is 167 Å². The highest BCUT2D eigenvalue weighted by molar-refractivity contribution is 7.10. The molecule has 0 aromatic carbocycles. The van der Waals surface area contributed by atoms with Gasteiger partial charge in [0.1, 0.15) is 11.5 Å². The van der Waals surface area contributed by atoms with E-state index in [2.05, 4.69) is 11.1 Å². The van der Waals surface area contributed by atoms with E-state index in [0.29, 0.717) is 13.1 Å². The molecule has 152 valence electrons. The molecule has 1 amide bonds. The summed E-state index contributed by atoms with van der Waals surface area (Å²) < 4.78 is 1.37. The van der Waals surface area contributed by atoms with Crippen LogP contribution in [-0.2, 0) is 11.3 Å². The van der Waals surface area contributed by atoms with Gasteiger partial charge < -0.3 is 15.5 Å². The smallest absolute Gasteiger partial charge is 0.330 e. The Hall–Kier alpha value is -2.55. The molecule has 0 bridgehead atoms. The van der Waals surface area contributed by atoms with Crippen LogP contribution in [0.2, 0.25) is 0 Å². The number of H-pyrrole nitrogens is 1. The average Bonchev–Trinajstić information content (AvgIpc) is 3.32. The maximum atomic E-state index is 12.9. The van der Waals surface area contributed by atoms with E-state index in [4.69, 9.17) is 5.73 Å². The average molecular weight is 406 g/mol. The van der Waals surface area contributed by atoms with Gasteiger partial charge in [-0.15, -0.1) is 11.3 Å². The van der Waals surface area contributed by atoms with Crippen LogP contribution in [0.15, 0.2) is 27.1 Å². The standard InChI is InChI=1S/C19H27N5O3S/c1-3-4-9-24-17(20)16(18(26)21-19(24)27)22(2)12-15(25)23-10-5-7-13(23)14-8-6-11-28-14/h6,8,11,13H,3-5,7,9-10,12,20H2,1-2H3,(H,21,26,27). The van der Waals surface area contributed by atoms with Gasteiger partial charge >= 0.3 is 5.69 Å². The summed E-state index contributed by atoms with van der Waals surface area (Å²) in [6, 6.07) is 4.14. The van der Waals surface area contributed by atoms with Gasteiger partial charge in [0.25, 0.3) is 5.56 Å². The minimum Gasteiger partial charge on any atom is -0.383 e. The van der Waals surface area contributed by atoms with E-state index in [-0.39, 0.29) is 30.0 Å². The van der Waals surface area contributed by atoms with Crippen molar-refractivity contribution < 1.29 is 4.79 Å². The SMILES string of the molecule is CCCCn1c(N)c(N(C)CC(=O)N2CCCC2c2cccs2)c(=O)[nH]c1=O. The third kappa shape index (κ3) is 3.99. The molecular formula is C19H27N5O3S. The van der Waals surface area contributed by atoms with Gasteiger partial charge in [-0.2, -0.15) is 0 Å². The Morgan fingerprint density at radius 2 is 2.21 bits per heavy atom. The highest BCUT2D eigenvalue weighted by atomic mass is 32.1. The van der Waals surface area contributed by atoms with Crippen molar-refractivity contribution in [2.75, 3.05) is 30.8 Å². The predicted octanol–water partition coefficient (Wildman–Crippen LogP) is 1.78. The number of carbonyl (C=O) groups excluding carboxylic acids is 1. The number of unbranched alkanes of at least 4 members (excludes halogenated alkanes) is 1. The van der Waals surface area contributed by atoms with E-state index in [0.717, 1.165) is 25.7 Å². The van der Waals surface area contributed by atoms with Gasteiger partial charge in [-0.3, -0.25) is 19.1 Å². The molecule has 0 radical (unpaired) electrons. The number of hydrogen-bond donors (Lipinski definition) is 2. The summed E-state index contributed by atoms with van der Waals surface area (Å²) in [5.41, 5.74) is 5.22. The molecule has 3 heterocycles. The fraction of sp³-hybridized carbons (Fsp3) is 0.526. The molecule has 0 spiro atoms. The minimum absolute atomic E-state index is 0.0289. The van der Waals surface area contributed by atoms with Crippen LogP contribution < -0.4 is 21.9 Å². The van der Waals surface area contributed by atoms with Crippen LogP contribution >= 0.6 is 11.3 Å². The number of carbonyl (C=O) groups is 1. The molecule has 1 fully saturated rings. The van der Waals surface area contributed by atoms with Crippen molar-refractivity contribution in [3.05, 3.63) is 43.2 Å². The molecule has 3 rings (SSSR count). The van der Waals surface area contributed by atoms with E-state index >= 15 is 0 Å². The van der Waals surface area contributed by atoms with E-state index < -0.39 is 11.2 Å². The lowest BCUT2D eigenvalue weighted by Crippen LogP contribution is -2.42. The molecule has 2 aromatic heterocycles. The summed E-state index contributed by atoms with van der Waals surface area (Å²) in [4.78, 5) is 44.3. The minimum atomic E-state index is -0.568. The summed E-state index contributed by atoms with van der Waals surface area (Å²) in [6.07, 6.45) is 3.57. The molecule has 9 heteroatoms. The summed E-state index contributed by atoms with van der Waals surface area (Å²) in [5.74, 6) is 0.0530. The van der Waals surface area contributed by atoms with Crippen LogP contribution in [-0.4, -0.2) is 40.5 Å². The van der Waals surface area contributed by atoms with Gasteiger partial charge in [-0.1, -0.05) is 19.4 Å². The lowest BCUT2D eigenvalue weighted by Gasteiger charge is -2.27. The third-order valence-electron chi connectivity index (χ3n) is 5.15. The van der Waals surface area contributed by atoms with Gasteiger partial charge in [0.2, 0.25) is 5.91 Å². The first-order chi connectivity index (χ1) is 13.4. The first kappa shape index (κ1) is 20.2. The lowest BCUT2D eigenvalue weighted by atomic mass is 10.2. The number of rotatable bonds is 7. The van der Waals surface area contributed by atoms with Gasteiger partial charge in [-0.05, 0) is 30.7 Å². The quantitative estimate of drug-likeness (QED) is 0.731. The Bertz CT molecular complexity index is 934. The van der Waals surface area contributed by atoms with Crippen molar-refractivity contribution >= 4 is 28.7 Å². The van der Waals surface area contributed by atoms with Crippen LogP contribution in [0.3, 0.4) is 0 Å². The molecule has 1 saturated heterocycles. The van der Waals surface area contributed by atoms with Crippen LogP contribution in [0.25, 0.3) is 0 Å². The van der Waals surface area contributed by atoms with Crippen LogP contribution in [0.1, 0.15) is 43.5 Å². The zero-order valence-corrected chi connectivity index (χ0v) is 17.1. The number of nitrogens with one attached hydrogen (secondary N) is 1. The van der Waals surface area contributed by atoms with Crippen molar-refractivity contribution in [1.82, 2.24) is 14.5 Å². The second-order valence-corrected chi connectivity index (χ2v) is 8.09. The number of nitrogens with two attached hydrogens (primary N) is 1. The van der Waals surface area contributed by atoms with Gasteiger partial charge in [0.15, 0.2) is 0 Å². The first-order valence-electron chi connectivity index (χ1n) is 9.60. The maximum Gasteiger partial charge on any atom is 0.330 e. The number of thiophene rings is 1. The molecule has 1 aliphatic heterocycles. The summed E-state index contributed by atoms with van der Waals surface area (Å²) in [6.45, 7) is 3.18. The largest absolute Gasteiger partial charge is 0.383 e. The molecule has 0 saturated carbocycles. The lowest BCUT2D eigenvalue weighted by molar-refractivity contribution is -0.130. The van der Waals surface area contributed by atoms with E-state index in [9.17, 15) is 14.4 Å². The zero-order chi connectivity index (χ0) is 20.3. The number of nitrogen functional groups attached to an aromatic ring is 1. The summed E-state index contributed by atoms with van der Waals surface area (Å²) >= 11 is 1.65. The van der Waals surface area contributed by atoms with Gasteiger partial charge in [0, 0.05) is 25.0 Å². The van der Waals surface area contributed by atoms with E-state index in [1.54, 1.807) is 23.3 Å². The Kier molecular flexibility index (Phi) is 6.23. The highest BCUT2D eigenvalue weighted by Crippen LogP contribution is 2.34. The predicted molar refractivity (Wildman–Crippen MR) is 112 cm³/mol. The number of anilines is 2. The van der Waals surface area contributed by atoms with Crippen LogP contribution in [0.4, 0.5) is 11.5 Å². The van der Waals surface area contributed by atoms with Crippen molar-refractivity contribution in [2.45, 2.75) is 45.2 Å². The number of aromatic amines is 1. The van der Waals surface area contributed by atoms with Crippen LogP contribution in [0.5, 0.6) is 0 Å². The third-order valence-corrected chi connectivity index (χ3v) is 6.12. The van der Waals surface area contributed by atoms with E-state index in [1.165, 1.54) is 9.44 Å². The molecule has 2 aromatic rings. The fourth-order valence-electron chi connectivity index (χ4n) is 3.70. The number of nitrogens with zero attached hydrogens (tertiary/aromatic N) is 3. The number of amides is 1. The summed E-state index contributed by atoms with van der Waals surface area (Å²) in [7, 11) is 1.66. The molecule has 0 aliphatic carbocycles. The highest BCUT2D eigenvalue weighted by Gasteiger charge is 2.31. The van der Waals surface area contributed by atoms with Crippen molar-refractivity contribution in [3.8, 4) is 0 Å². The van der Waals surface area contributed by atoms with Crippen molar-refractivity contribution in [3.63, 3.8) is 0 Å². The van der Waals surface area contributed by atoms with Crippen molar-refractivity contribution in [2.24, 2.45) is 0 Å². The molecule has 3 N–H and O–H groups in total. The second kappa shape index (κ2) is 8.64. The zero-order valence-electron chi connectivity index (χ0n) is 16.3. The molecular weight excluding hydrogens is 378 g/mol. The molecule has 28 heavy (non-hydrogen) atoms. The molecule has 8 nitrogen and oxygen atoms in total. The summed E-state index contributed by atoms with van der Waals surface area (Å²) in [5, 5.41) is 2.02. The van der Waals surface area contributed by atoms with E-state index in [1.807, 2.05) is 23.3 Å². The first-order valence-corrected chi connectivity index (χ1v) is 10.5. The Morgan fingerprint density at radius 1 is 1.43 bits per heavy atom. The number of likely N-dealkylation sites (N-methyl/N-ethyl adjacent to an activating group) is 1. The fourth-order valence-corrected chi connectivity index (χ4v) is 4.57.